The predicted octanol–water partition coefficient (Wildman–Crippen LogP) is 6.70. The van der Waals surface area contributed by atoms with Crippen LogP contribution in [0.5, 0.6) is 0 Å². The number of Topliss-reactive ketones (excluding diaryl/α,β-unsaturated/α-hetero) is 1. The molecular formula is C20H16N6OS. The molecule has 1 saturated carbocycles. The molecule has 1 aliphatic carbocycles. The second-order valence-electron chi connectivity index (χ2n) is 6.29. The summed E-state index contributed by atoms with van der Waals surface area (Å²) >= 11 is 4.60. The minimum atomic E-state index is 0.00328. The van der Waals surface area contributed by atoms with Gasteiger partial charge < -0.3 is 0 Å². The van der Waals surface area contributed by atoms with Crippen LogP contribution in [-0.2, 0) is 4.79 Å². The third kappa shape index (κ3) is 4.84. The molecule has 0 amide bonds. The van der Waals surface area contributed by atoms with E-state index in [1.54, 1.807) is 24.3 Å². The van der Waals surface area contributed by atoms with Crippen LogP contribution < -0.4 is 0 Å². The monoisotopic (exact) mass is 388 g/mol. The van der Waals surface area contributed by atoms with Gasteiger partial charge >= 0.3 is 0 Å². The van der Waals surface area contributed by atoms with Gasteiger partial charge in [0.05, 0.1) is 0 Å². The lowest BCUT2D eigenvalue weighted by Crippen LogP contribution is -2.20. The number of azide groups is 2. The minimum absolute atomic E-state index is 0.00328. The summed E-state index contributed by atoms with van der Waals surface area (Å²) in [4.78, 5) is 18.4. The Hall–Kier alpha value is -3.44. The lowest BCUT2D eigenvalue weighted by atomic mass is 9.86. The first-order chi connectivity index (χ1) is 13.6. The fraction of sp³-hybridized carbons (Fsp3) is 0.150. The summed E-state index contributed by atoms with van der Waals surface area (Å²) in [6.45, 7) is 0. The van der Waals surface area contributed by atoms with E-state index in [2.05, 4.69) is 32.7 Å². The molecule has 3 rings (SSSR count). The van der Waals surface area contributed by atoms with Gasteiger partial charge in [0.2, 0.25) is 0 Å². The maximum atomic E-state index is 12.9. The lowest BCUT2D eigenvalue weighted by Gasteiger charge is -2.22. The average molecular weight is 388 g/mol. The second kappa shape index (κ2) is 8.97. The number of thiol groups is 1. The minimum Gasteiger partial charge on any atom is -0.289 e. The first kappa shape index (κ1) is 19.3. The Kier molecular flexibility index (Phi) is 6.19. The summed E-state index contributed by atoms with van der Waals surface area (Å²) in [7, 11) is 0. The highest BCUT2D eigenvalue weighted by atomic mass is 32.1. The van der Waals surface area contributed by atoms with Gasteiger partial charge in [0.1, 0.15) is 0 Å². The summed E-state index contributed by atoms with van der Waals surface area (Å²) in [5, 5.41) is 7.14. The molecule has 0 radical (unpaired) electrons. The average Bonchev–Trinajstić information content (AvgIpc) is 2.69. The molecule has 0 atom stereocenters. The van der Waals surface area contributed by atoms with Crippen LogP contribution in [0.25, 0.3) is 33.0 Å². The third-order valence-corrected chi connectivity index (χ3v) is 4.65. The number of ketones is 1. The third-order valence-electron chi connectivity index (χ3n) is 4.28. The number of carbonyl (C=O) groups is 1. The summed E-state index contributed by atoms with van der Waals surface area (Å²) in [5.41, 5.74) is 21.1. The van der Waals surface area contributed by atoms with Crippen molar-refractivity contribution in [2.75, 3.05) is 0 Å². The maximum absolute atomic E-state index is 12.9. The Morgan fingerprint density at radius 2 is 1.21 bits per heavy atom. The Morgan fingerprint density at radius 1 is 0.821 bits per heavy atom. The van der Waals surface area contributed by atoms with Crippen LogP contribution in [-0.4, -0.2) is 11.0 Å². The fourth-order valence-electron chi connectivity index (χ4n) is 3.00. The summed E-state index contributed by atoms with van der Waals surface area (Å²) < 4.78 is 0. The summed E-state index contributed by atoms with van der Waals surface area (Å²) in [6, 6.07) is 14.1. The number of nitrogens with zero attached hydrogens (tertiary/aromatic N) is 6. The number of carbonyl (C=O) groups excluding carboxylic acids is 1. The Morgan fingerprint density at radius 3 is 1.57 bits per heavy atom. The molecule has 0 aromatic heterocycles. The zero-order chi connectivity index (χ0) is 19.9. The van der Waals surface area contributed by atoms with Gasteiger partial charge in [-0.2, -0.15) is 12.6 Å². The van der Waals surface area contributed by atoms with Crippen molar-refractivity contribution in [1.29, 1.82) is 0 Å². The zero-order valence-corrected chi connectivity index (χ0v) is 15.7. The van der Waals surface area contributed by atoms with Gasteiger partial charge in [-0.25, -0.2) is 0 Å². The van der Waals surface area contributed by atoms with Crippen molar-refractivity contribution in [2.45, 2.75) is 18.1 Å². The number of hydrogen-bond donors (Lipinski definition) is 1. The first-order valence-corrected chi connectivity index (χ1v) is 9.05. The molecule has 1 fully saturated rings. The summed E-state index contributed by atoms with van der Waals surface area (Å²) in [5.74, 6) is 0.00328. The highest BCUT2D eigenvalue weighted by Crippen LogP contribution is 2.31. The van der Waals surface area contributed by atoms with Crippen LogP contribution in [0.15, 0.2) is 69.9 Å². The van der Waals surface area contributed by atoms with Gasteiger partial charge in [-0.05, 0) is 47.2 Å². The Bertz CT molecular complexity index is 960. The molecule has 28 heavy (non-hydrogen) atoms. The smallest absolute Gasteiger partial charge is 0.185 e. The normalized spacial score (nSPS) is 19.2. The fourth-order valence-corrected chi connectivity index (χ4v) is 3.39. The van der Waals surface area contributed by atoms with Gasteiger partial charge in [0, 0.05) is 37.6 Å². The largest absolute Gasteiger partial charge is 0.289 e. The highest BCUT2D eigenvalue weighted by molar-refractivity contribution is 7.81. The topological polar surface area (TPSA) is 115 Å². The molecule has 0 saturated heterocycles. The molecule has 2 aromatic rings. The zero-order valence-electron chi connectivity index (χ0n) is 14.8. The van der Waals surface area contributed by atoms with E-state index in [1.807, 2.05) is 36.4 Å². The SMILES string of the molecule is [N-]=[N+]=Nc1ccc(C=C2CC(S)CC(=Cc3ccc(N=[N+]=[N-])cc3)C2=O)cc1. The molecule has 0 bridgehead atoms. The maximum Gasteiger partial charge on any atom is 0.185 e. The molecule has 0 aliphatic heterocycles. The van der Waals surface area contributed by atoms with Crippen LogP contribution in [0.4, 0.5) is 11.4 Å². The quantitative estimate of drug-likeness (QED) is 0.203. The van der Waals surface area contributed by atoms with Gasteiger partial charge in [-0.3, -0.25) is 4.79 Å². The first-order valence-electron chi connectivity index (χ1n) is 8.53. The summed E-state index contributed by atoms with van der Waals surface area (Å²) in [6.07, 6.45) is 4.88. The molecule has 0 unspecified atom stereocenters. The molecule has 0 heterocycles. The number of allylic oxidation sites excluding steroid dienone is 2. The van der Waals surface area contributed by atoms with E-state index in [4.69, 9.17) is 11.1 Å². The second-order valence-corrected chi connectivity index (χ2v) is 7.02. The van der Waals surface area contributed by atoms with E-state index >= 15 is 0 Å². The van der Waals surface area contributed by atoms with Gasteiger partial charge in [0.15, 0.2) is 5.78 Å². The van der Waals surface area contributed by atoms with Crippen LogP contribution >= 0.6 is 12.6 Å². The highest BCUT2D eigenvalue weighted by Gasteiger charge is 2.25. The molecule has 2 aromatic carbocycles. The van der Waals surface area contributed by atoms with Crippen molar-refractivity contribution in [3.63, 3.8) is 0 Å². The number of benzene rings is 2. The molecular weight excluding hydrogens is 372 g/mol. The van der Waals surface area contributed by atoms with Gasteiger partial charge in [0.25, 0.3) is 0 Å². The van der Waals surface area contributed by atoms with E-state index in [1.165, 1.54) is 0 Å². The van der Waals surface area contributed by atoms with E-state index in [-0.39, 0.29) is 11.0 Å². The van der Waals surface area contributed by atoms with Gasteiger partial charge in [-0.15, -0.1) is 0 Å². The Balaban J connectivity index is 1.87. The van der Waals surface area contributed by atoms with Crippen LogP contribution in [0, 0.1) is 0 Å². The van der Waals surface area contributed by atoms with Crippen molar-refractivity contribution >= 4 is 41.9 Å². The van der Waals surface area contributed by atoms with E-state index in [9.17, 15) is 4.79 Å². The van der Waals surface area contributed by atoms with E-state index in [0.29, 0.717) is 35.4 Å². The number of rotatable bonds is 4. The van der Waals surface area contributed by atoms with Crippen molar-refractivity contribution in [1.82, 2.24) is 0 Å². The molecule has 0 N–H and O–H groups in total. The van der Waals surface area contributed by atoms with Crippen molar-refractivity contribution in [2.24, 2.45) is 10.2 Å². The lowest BCUT2D eigenvalue weighted by molar-refractivity contribution is -0.112. The van der Waals surface area contributed by atoms with Crippen LogP contribution in [0.2, 0.25) is 0 Å². The number of hydrogen-bond acceptors (Lipinski definition) is 4. The van der Waals surface area contributed by atoms with E-state index in [0.717, 1.165) is 11.1 Å². The standard InChI is InChI=1S/C20H16N6OS/c21-25-23-17-5-1-13(2-6-17)9-15-11-19(28)12-16(20(15)27)10-14-3-7-18(8-4-14)24-26-22/h1-10,19,28H,11-12H2. The van der Waals surface area contributed by atoms with Crippen molar-refractivity contribution < 1.29 is 4.79 Å². The van der Waals surface area contributed by atoms with Crippen LogP contribution in [0.3, 0.4) is 0 Å². The molecule has 0 spiro atoms. The molecule has 8 heteroatoms. The van der Waals surface area contributed by atoms with Crippen LogP contribution in [0.1, 0.15) is 24.0 Å². The van der Waals surface area contributed by atoms with Crippen molar-refractivity contribution in [3.05, 3.63) is 91.7 Å². The molecule has 138 valence electrons. The van der Waals surface area contributed by atoms with Gasteiger partial charge in [-0.1, -0.05) is 58.8 Å². The molecule has 1 aliphatic rings. The van der Waals surface area contributed by atoms with E-state index < -0.39 is 0 Å². The Labute approximate surface area is 167 Å². The van der Waals surface area contributed by atoms with Crippen molar-refractivity contribution in [3.8, 4) is 0 Å². The molecule has 7 nitrogen and oxygen atoms in total. The predicted molar refractivity (Wildman–Crippen MR) is 113 cm³/mol.